The fourth-order valence-electron chi connectivity index (χ4n) is 3.21. The van der Waals surface area contributed by atoms with Gasteiger partial charge in [-0.3, -0.25) is 14.9 Å². The molecule has 0 spiro atoms. The molecule has 4 aromatic rings. The topological polar surface area (TPSA) is 112 Å². The second-order valence-electron chi connectivity index (χ2n) is 6.66. The number of hydrogen-bond donors (Lipinski definition) is 1. The third kappa shape index (κ3) is 3.99. The summed E-state index contributed by atoms with van der Waals surface area (Å²) in [6.07, 6.45) is 0. The van der Waals surface area contributed by atoms with Crippen molar-refractivity contribution in [2.45, 2.75) is 0 Å². The van der Waals surface area contributed by atoms with Crippen LogP contribution in [-0.4, -0.2) is 17.9 Å². The van der Waals surface area contributed by atoms with Crippen LogP contribution < -0.4 is 15.7 Å². The molecule has 0 aliphatic heterocycles. The van der Waals surface area contributed by atoms with Crippen LogP contribution in [-0.2, 0) is 0 Å². The van der Waals surface area contributed by atoms with Gasteiger partial charge >= 0.3 is 5.63 Å². The number of carbonyl (C=O) groups excluding carboxylic acids is 1. The summed E-state index contributed by atoms with van der Waals surface area (Å²) in [7, 11) is 1.45. The van der Waals surface area contributed by atoms with Crippen molar-refractivity contribution < 1.29 is 18.9 Å². The second-order valence-corrected chi connectivity index (χ2v) is 6.66. The van der Waals surface area contributed by atoms with Crippen molar-refractivity contribution in [3.05, 3.63) is 98.9 Å². The van der Waals surface area contributed by atoms with Crippen LogP contribution >= 0.6 is 0 Å². The molecule has 154 valence electrons. The van der Waals surface area contributed by atoms with E-state index >= 15 is 0 Å². The van der Waals surface area contributed by atoms with Gasteiger partial charge in [0.25, 0.3) is 11.6 Å². The van der Waals surface area contributed by atoms with E-state index < -0.39 is 16.5 Å². The van der Waals surface area contributed by atoms with Gasteiger partial charge in [-0.05, 0) is 30.3 Å². The maximum atomic E-state index is 12.5. The first-order valence-electron chi connectivity index (χ1n) is 9.23. The molecule has 4 rings (SSSR count). The maximum Gasteiger partial charge on any atom is 0.344 e. The first-order valence-corrected chi connectivity index (χ1v) is 9.23. The average molecular weight is 416 g/mol. The number of nitro groups is 1. The zero-order chi connectivity index (χ0) is 22.0. The largest absolute Gasteiger partial charge is 0.496 e. The summed E-state index contributed by atoms with van der Waals surface area (Å²) in [5.74, 6) is -0.150. The van der Waals surface area contributed by atoms with Crippen LogP contribution in [0.25, 0.3) is 22.1 Å². The maximum absolute atomic E-state index is 12.5. The lowest BCUT2D eigenvalue weighted by Gasteiger charge is -2.12. The van der Waals surface area contributed by atoms with Gasteiger partial charge in [0.15, 0.2) is 0 Å². The minimum atomic E-state index is -0.566. The van der Waals surface area contributed by atoms with Crippen molar-refractivity contribution in [1.82, 2.24) is 0 Å². The highest BCUT2D eigenvalue weighted by Gasteiger charge is 2.16. The minimum absolute atomic E-state index is 0.146. The molecule has 0 radical (unpaired) electrons. The van der Waals surface area contributed by atoms with Crippen molar-refractivity contribution in [1.29, 1.82) is 0 Å². The first-order chi connectivity index (χ1) is 15.0. The fraction of sp³-hybridized carbons (Fsp3) is 0.0435. The molecule has 0 aliphatic rings. The summed E-state index contributed by atoms with van der Waals surface area (Å²) in [5, 5.41) is 14.4. The van der Waals surface area contributed by atoms with E-state index in [-0.39, 0.29) is 11.3 Å². The van der Waals surface area contributed by atoms with Gasteiger partial charge in [0.1, 0.15) is 11.3 Å². The molecule has 1 aromatic heterocycles. The van der Waals surface area contributed by atoms with Gasteiger partial charge in [-0.25, -0.2) is 4.79 Å². The lowest BCUT2D eigenvalue weighted by atomic mass is 10.0. The number of para-hydroxylation sites is 1. The van der Waals surface area contributed by atoms with Crippen molar-refractivity contribution in [3.63, 3.8) is 0 Å². The van der Waals surface area contributed by atoms with E-state index in [1.54, 1.807) is 36.4 Å². The number of nitrogens with zero attached hydrogens (tertiary/aromatic N) is 1. The highest BCUT2D eigenvalue weighted by molar-refractivity contribution is 6.05. The van der Waals surface area contributed by atoms with Gasteiger partial charge in [-0.2, -0.15) is 0 Å². The third-order valence-corrected chi connectivity index (χ3v) is 4.71. The van der Waals surface area contributed by atoms with E-state index in [4.69, 9.17) is 9.15 Å². The molecule has 3 aromatic carbocycles. The van der Waals surface area contributed by atoms with E-state index in [9.17, 15) is 19.7 Å². The normalized spacial score (nSPS) is 10.6. The van der Waals surface area contributed by atoms with E-state index in [0.717, 1.165) is 5.39 Å². The van der Waals surface area contributed by atoms with Gasteiger partial charge in [0.05, 0.1) is 17.6 Å². The van der Waals surface area contributed by atoms with Crippen LogP contribution in [0.2, 0.25) is 0 Å². The Labute approximate surface area is 175 Å². The predicted molar refractivity (Wildman–Crippen MR) is 116 cm³/mol. The summed E-state index contributed by atoms with van der Waals surface area (Å²) < 4.78 is 10.8. The number of carbonyl (C=O) groups is 1. The van der Waals surface area contributed by atoms with E-state index in [0.29, 0.717) is 28.1 Å². The number of hydrogen-bond acceptors (Lipinski definition) is 6. The molecule has 1 N–H and O–H groups in total. The number of fused-ring (bicyclic) bond motifs is 1. The summed E-state index contributed by atoms with van der Waals surface area (Å²) in [4.78, 5) is 35.4. The zero-order valence-electron chi connectivity index (χ0n) is 16.3. The molecule has 31 heavy (non-hydrogen) atoms. The number of ether oxygens (including phenoxy) is 1. The fourth-order valence-corrected chi connectivity index (χ4v) is 3.21. The van der Waals surface area contributed by atoms with Crippen molar-refractivity contribution >= 4 is 28.3 Å². The zero-order valence-corrected chi connectivity index (χ0v) is 16.3. The number of nitro benzene ring substituents is 1. The smallest absolute Gasteiger partial charge is 0.344 e. The molecule has 1 heterocycles. The van der Waals surface area contributed by atoms with Gasteiger partial charge in [0, 0.05) is 40.4 Å². The van der Waals surface area contributed by atoms with Crippen LogP contribution in [0.15, 0.2) is 82.0 Å². The Bertz CT molecular complexity index is 1380. The molecule has 1 amide bonds. The molecule has 0 atom stereocenters. The Balaban J connectivity index is 1.67. The Morgan fingerprint density at radius 2 is 1.81 bits per heavy atom. The van der Waals surface area contributed by atoms with Crippen LogP contribution in [0.5, 0.6) is 5.75 Å². The van der Waals surface area contributed by atoms with Gasteiger partial charge in [-0.1, -0.05) is 24.3 Å². The molecule has 0 aliphatic carbocycles. The monoisotopic (exact) mass is 416 g/mol. The molecular weight excluding hydrogens is 400 g/mol. The Morgan fingerprint density at radius 3 is 2.58 bits per heavy atom. The molecular formula is C23H16N2O6. The molecule has 0 bridgehead atoms. The van der Waals surface area contributed by atoms with Gasteiger partial charge < -0.3 is 14.5 Å². The summed E-state index contributed by atoms with van der Waals surface area (Å²) >= 11 is 0. The molecule has 0 saturated carbocycles. The van der Waals surface area contributed by atoms with Crippen molar-refractivity contribution in [2.24, 2.45) is 0 Å². The predicted octanol–water partition coefficient (Wildman–Crippen LogP) is 4.63. The number of nitrogens with one attached hydrogen (secondary N) is 1. The third-order valence-electron chi connectivity index (χ3n) is 4.71. The highest BCUT2D eigenvalue weighted by Crippen LogP contribution is 2.32. The molecule has 8 heteroatoms. The Kier molecular flexibility index (Phi) is 5.19. The number of non-ortho nitro benzene ring substituents is 1. The highest BCUT2D eigenvalue weighted by atomic mass is 16.6. The van der Waals surface area contributed by atoms with E-state index in [1.807, 2.05) is 12.1 Å². The van der Waals surface area contributed by atoms with Gasteiger partial charge in [0.2, 0.25) is 0 Å². The summed E-state index contributed by atoms with van der Waals surface area (Å²) in [6.45, 7) is 0. The quantitative estimate of drug-likeness (QED) is 0.288. The molecule has 8 nitrogen and oxygen atoms in total. The lowest BCUT2D eigenvalue weighted by Crippen LogP contribution is -2.12. The van der Waals surface area contributed by atoms with Gasteiger partial charge in [-0.15, -0.1) is 0 Å². The number of amides is 1. The average Bonchev–Trinajstić information content (AvgIpc) is 2.78. The Morgan fingerprint density at radius 1 is 1.00 bits per heavy atom. The van der Waals surface area contributed by atoms with Crippen LogP contribution in [0, 0.1) is 10.1 Å². The van der Waals surface area contributed by atoms with E-state index in [2.05, 4.69) is 5.32 Å². The second kappa shape index (κ2) is 8.11. The standard InChI is InChI=1S/C23H16N2O6/c1-30-21-13-16(24-22(26)15-6-4-7-17(11-15)25(28)29)9-10-18(21)19-12-14-5-2-3-8-20(14)31-23(19)27/h2-13H,1H3,(H,24,26). The number of anilines is 1. The van der Waals surface area contributed by atoms with E-state index in [1.165, 1.54) is 31.4 Å². The molecule has 0 fully saturated rings. The minimum Gasteiger partial charge on any atom is -0.496 e. The summed E-state index contributed by atoms with van der Waals surface area (Å²) in [6, 6.07) is 19.1. The first kappa shape index (κ1) is 19.8. The van der Waals surface area contributed by atoms with Crippen molar-refractivity contribution in [2.75, 3.05) is 12.4 Å². The van der Waals surface area contributed by atoms with Crippen molar-refractivity contribution in [3.8, 4) is 16.9 Å². The molecule has 0 unspecified atom stereocenters. The number of benzene rings is 3. The SMILES string of the molecule is COc1cc(NC(=O)c2cccc([N+](=O)[O-])c2)ccc1-c1cc2ccccc2oc1=O. The Hall–Kier alpha value is -4.46. The molecule has 0 saturated heterocycles. The number of methoxy groups -OCH3 is 1. The number of rotatable bonds is 5. The van der Waals surface area contributed by atoms with Crippen LogP contribution in [0.1, 0.15) is 10.4 Å². The summed E-state index contributed by atoms with van der Waals surface area (Å²) in [5.41, 5.74) is 1.18. The van der Waals surface area contributed by atoms with Crippen LogP contribution in [0.4, 0.5) is 11.4 Å². The lowest BCUT2D eigenvalue weighted by molar-refractivity contribution is -0.384. The van der Waals surface area contributed by atoms with Crippen LogP contribution in [0.3, 0.4) is 0 Å².